The van der Waals surface area contributed by atoms with E-state index in [0.717, 1.165) is 55.4 Å². The number of nitrogens with zero attached hydrogens (tertiary/aromatic N) is 4. The highest BCUT2D eigenvalue weighted by Gasteiger charge is 2.60. The molecule has 30 heavy (non-hydrogen) atoms. The van der Waals surface area contributed by atoms with Crippen molar-refractivity contribution in [1.29, 1.82) is 0 Å². The van der Waals surface area contributed by atoms with Crippen molar-refractivity contribution >= 4 is 28.6 Å². The predicted octanol–water partition coefficient (Wildman–Crippen LogP) is 3.59. The summed E-state index contributed by atoms with van der Waals surface area (Å²) in [7, 11) is 0. The first kappa shape index (κ1) is 20.0. The summed E-state index contributed by atoms with van der Waals surface area (Å²) in [6.45, 7) is 7.78. The lowest BCUT2D eigenvalue weighted by molar-refractivity contribution is -0.105. The fraction of sp³-hybridized carbons (Fsp3) is 0.667. The summed E-state index contributed by atoms with van der Waals surface area (Å²) in [5, 5.41) is 9.80. The number of nitrogens with one attached hydrogen (secondary N) is 1. The summed E-state index contributed by atoms with van der Waals surface area (Å²) < 4.78 is 13.7. The highest BCUT2D eigenvalue weighted by atomic mass is 35.5. The lowest BCUT2D eigenvalue weighted by Crippen LogP contribution is -2.76. The Labute approximate surface area is 180 Å². The Morgan fingerprint density at radius 3 is 2.93 bits per heavy atom. The van der Waals surface area contributed by atoms with Gasteiger partial charge in [-0.15, -0.1) is 0 Å². The molecule has 3 atom stereocenters. The largest absolute Gasteiger partial charge is 0.444 e. The molecule has 4 aliphatic rings. The number of hydrogen-bond donors (Lipinski definition) is 1. The molecule has 8 nitrogen and oxygen atoms in total. The monoisotopic (exact) mass is 433 g/mol. The topological polar surface area (TPSA) is 81.5 Å². The SMILES string of the molecule is CC(C)(C)OC(=O)N1C2CNCC1(c1nn(C3CCCCO3)c3cc(Cl)ncc13)C2. The highest BCUT2D eigenvalue weighted by Crippen LogP contribution is 2.49. The fourth-order valence-electron chi connectivity index (χ4n) is 5.00. The molecule has 0 aromatic carbocycles. The summed E-state index contributed by atoms with van der Waals surface area (Å²) in [6, 6.07) is 1.94. The second kappa shape index (κ2) is 7.07. The highest BCUT2D eigenvalue weighted by molar-refractivity contribution is 6.30. The Bertz CT molecular complexity index is 977. The van der Waals surface area contributed by atoms with Crippen LogP contribution in [0.3, 0.4) is 0 Å². The number of pyridine rings is 1. The Morgan fingerprint density at radius 2 is 2.23 bits per heavy atom. The van der Waals surface area contributed by atoms with Crippen molar-refractivity contribution in [3.63, 3.8) is 0 Å². The molecule has 162 valence electrons. The van der Waals surface area contributed by atoms with Gasteiger partial charge in [0, 0.05) is 37.3 Å². The molecule has 3 unspecified atom stereocenters. The van der Waals surface area contributed by atoms with Crippen LogP contribution in [0.2, 0.25) is 5.15 Å². The van der Waals surface area contributed by atoms with E-state index in [1.54, 1.807) is 6.20 Å². The van der Waals surface area contributed by atoms with Crippen molar-refractivity contribution in [2.24, 2.45) is 0 Å². The molecule has 2 bridgehead atoms. The number of aromatic nitrogens is 3. The molecule has 9 heteroatoms. The first-order valence-electron chi connectivity index (χ1n) is 10.7. The molecule has 6 heterocycles. The second-order valence-corrected chi connectivity index (χ2v) is 9.90. The van der Waals surface area contributed by atoms with Crippen molar-refractivity contribution in [2.45, 2.75) is 69.9 Å². The lowest BCUT2D eigenvalue weighted by atomic mass is 9.72. The van der Waals surface area contributed by atoms with E-state index in [1.165, 1.54) is 0 Å². The van der Waals surface area contributed by atoms with Gasteiger partial charge < -0.3 is 14.8 Å². The lowest BCUT2D eigenvalue weighted by Gasteiger charge is -2.60. The Hall–Kier alpha value is -1.90. The summed E-state index contributed by atoms with van der Waals surface area (Å²) in [6.07, 6.45) is 5.25. The van der Waals surface area contributed by atoms with Crippen LogP contribution in [-0.2, 0) is 15.0 Å². The summed E-state index contributed by atoms with van der Waals surface area (Å²) in [5.74, 6) is 0. The third-order valence-electron chi connectivity index (χ3n) is 6.21. The van der Waals surface area contributed by atoms with Crippen molar-refractivity contribution in [1.82, 2.24) is 25.0 Å². The van der Waals surface area contributed by atoms with Gasteiger partial charge in [0.05, 0.1) is 17.3 Å². The zero-order valence-electron chi connectivity index (χ0n) is 17.7. The number of hydrogen-bond acceptors (Lipinski definition) is 6. The molecule has 0 saturated carbocycles. The molecule has 6 rings (SSSR count). The molecule has 4 fully saturated rings. The quantitative estimate of drug-likeness (QED) is 0.729. The summed E-state index contributed by atoms with van der Waals surface area (Å²) in [5.41, 5.74) is 0.621. The van der Waals surface area contributed by atoms with Gasteiger partial charge in [-0.2, -0.15) is 5.10 Å². The standard InChI is InChI=1S/C21H28ClN5O3/c1-20(2,3)30-19(28)26-13-9-21(26,12-23-10-13)18-14-11-24-16(22)8-15(14)27(25-18)17-6-4-5-7-29-17/h8,11,13,17,23H,4-7,9-10,12H2,1-3H3. The molecule has 1 N–H and O–H groups in total. The van der Waals surface area contributed by atoms with E-state index in [2.05, 4.69) is 10.3 Å². The second-order valence-electron chi connectivity index (χ2n) is 9.51. The number of piperazine rings is 1. The van der Waals surface area contributed by atoms with Crippen molar-refractivity contribution in [3.8, 4) is 0 Å². The first-order chi connectivity index (χ1) is 14.3. The smallest absolute Gasteiger partial charge is 0.411 e. The van der Waals surface area contributed by atoms with Crippen molar-refractivity contribution < 1.29 is 14.3 Å². The molecule has 1 amide bonds. The number of rotatable bonds is 2. The molecule has 2 aromatic rings. The van der Waals surface area contributed by atoms with Gasteiger partial charge in [-0.3, -0.25) is 4.90 Å². The third kappa shape index (κ3) is 3.16. The zero-order chi connectivity index (χ0) is 21.1. The van der Waals surface area contributed by atoms with E-state index in [9.17, 15) is 4.79 Å². The molecule has 0 aliphatic carbocycles. The van der Waals surface area contributed by atoms with Gasteiger partial charge in [0.25, 0.3) is 0 Å². The molecular weight excluding hydrogens is 406 g/mol. The summed E-state index contributed by atoms with van der Waals surface area (Å²) in [4.78, 5) is 19.3. The molecule has 0 radical (unpaired) electrons. The van der Waals surface area contributed by atoms with Crippen LogP contribution in [0.15, 0.2) is 12.3 Å². The maximum Gasteiger partial charge on any atom is 0.411 e. The Kier molecular flexibility index (Phi) is 4.72. The number of piperidine rings is 1. The van der Waals surface area contributed by atoms with Gasteiger partial charge in [0.15, 0.2) is 6.23 Å². The van der Waals surface area contributed by atoms with Crippen LogP contribution >= 0.6 is 11.6 Å². The minimum Gasteiger partial charge on any atom is -0.444 e. The fourth-order valence-corrected chi connectivity index (χ4v) is 5.15. The number of ether oxygens (including phenoxy) is 2. The van der Waals surface area contributed by atoms with E-state index < -0.39 is 11.1 Å². The van der Waals surface area contributed by atoms with Gasteiger partial charge in [0.2, 0.25) is 0 Å². The van der Waals surface area contributed by atoms with Gasteiger partial charge in [-0.25, -0.2) is 14.5 Å². The van der Waals surface area contributed by atoms with Crippen molar-refractivity contribution in [3.05, 3.63) is 23.1 Å². The maximum atomic E-state index is 13.1. The van der Waals surface area contributed by atoms with Crippen LogP contribution in [0.4, 0.5) is 4.79 Å². The Balaban J connectivity index is 1.60. The van der Waals surface area contributed by atoms with Crippen LogP contribution in [0.25, 0.3) is 10.9 Å². The van der Waals surface area contributed by atoms with Crippen LogP contribution < -0.4 is 5.32 Å². The number of carbonyl (C=O) groups excluding carboxylic acids is 1. The van der Waals surface area contributed by atoms with E-state index in [-0.39, 0.29) is 18.4 Å². The average Bonchev–Trinajstić information content (AvgIpc) is 3.06. The number of amides is 1. The Morgan fingerprint density at radius 1 is 1.40 bits per heavy atom. The van der Waals surface area contributed by atoms with Gasteiger partial charge in [0.1, 0.15) is 16.3 Å². The van der Waals surface area contributed by atoms with E-state index in [4.69, 9.17) is 26.2 Å². The van der Waals surface area contributed by atoms with Crippen LogP contribution in [0, 0.1) is 0 Å². The van der Waals surface area contributed by atoms with Crippen LogP contribution in [0.5, 0.6) is 0 Å². The van der Waals surface area contributed by atoms with Gasteiger partial charge in [-0.1, -0.05) is 11.6 Å². The normalized spacial score (nSPS) is 29.0. The molecule has 2 aromatic heterocycles. The zero-order valence-corrected chi connectivity index (χ0v) is 18.4. The minimum atomic E-state index is -0.557. The van der Waals surface area contributed by atoms with Gasteiger partial charge in [-0.05, 0) is 46.5 Å². The maximum absolute atomic E-state index is 13.1. The average molecular weight is 434 g/mol. The number of halogens is 1. The van der Waals surface area contributed by atoms with E-state index in [1.807, 2.05) is 36.4 Å². The molecular formula is C21H28ClN5O3. The van der Waals surface area contributed by atoms with Crippen LogP contribution in [-0.4, -0.2) is 57.1 Å². The van der Waals surface area contributed by atoms with E-state index >= 15 is 0 Å². The third-order valence-corrected chi connectivity index (χ3v) is 6.42. The first-order valence-corrected chi connectivity index (χ1v) is 11.1. The predicted molar refractivity (Wildman–Crippen MR) is 112 cm³/mol. The van der Waals surface area contributed by atoms with Gasteiger partial charge >= 0.3 is 6.09 Å². The molecule has 0 spiro atoms. The minimum absolute atomic E-state index is 0.0972. The van der Waals surface area contributed by atoms with Crippen molar-refractivity contribution in [2.75, 3.05) is 19.7 Å². The van der Waals surface area contributed by atoms with E-state index in [0.29, 0.717) is 11.7 Å². The molecule has 4 aliphatic heterocycles. The summed E-state index contributed by atoms with van der Waals surface area (Å²) >= 11 is 6.23. The number of fused-ring (bicyclic) bond motifs is 3. The number of carbonyl (C=O) groups is 1. The van der Waals surface area contributed by atoms with Crippen LogP contribution in [0.1, 0.15) is 58.4 Å². The molecule has 4 saturated heterocycles.